The fraction of sp³-hybridized carbons (Fsp3) is 0.421. The van der Waals surface area contributed by atoms with Gasteiger partial charge in [-0.05, 0) is 12.1 Å². The molecule has 4 rings (SSSR count). The summed E-state index contributed by atoms with van der Waals surface area (Å²) in [5.74, 6) is 0.942. The largest absolute Gasteiger partial charge is 0.294 e. The van der Waals surface area contributed by atoms with Crippen molar-refractivity contribution in [1.82, 2.24) is 24.5 Å². The number of hydrogen-bond donors (Lipinski definition) is 0. The van der Waals surface area contributed by atoms with Crippen molar-refractivity contribution >= 4 is 5.52 Å². The second kappa shape index (κ2) is 5.67. The Morgan fingerprint density at radius 1 is 1.17 bits per heavy atom. The van der Waals surface area contributed by atoms with Gasteiger partial charge in [0.15, 0.2) is 0 Å². The van der Waals surface area contributed by atoms with Crippen molar-refractivity contribution in [3.8, 4) is 0 Å². The SMILES string of the molecule is CC(C)(C)c1ncc2c(n1)CCN(Cc1cnn3ccccc13)C2. The summed E-state index contributed by atoms with van der Waals surface area (Å²) < 4.78 is 1.94. The van der Waals surface area contributed by atoms with Gasteiger partial charge in [-0.1, -0.05) is 26.8 Å². The Morgan fingerprint density at radius 2 is 2.04 bits per heavy atom. The second-order valence-corrected chi connectivity index (χ2v) is 7.58. The highest BCUT2D eigenvalue weighted by atomic mass is 15.2. The smallest absolute Gasteiger partial charge is 0.133 e. The van der Waals surface area contributed by atoms with Crippen LogP contribution in [0.1, 0.15) is 43.4 Å². The molecular formula is C19H23N5. The summed E-state index contributed by atoms with van der Waals surface area (Å²) >= 11 is 0. The Hall–Kier alpha value is -2.27. The summed E-state index contributed by atoms with van der Waals surface area (Å²) in [6, 6.07) is 6.19. The molecule has 0 aliphatic carbocycles. The van der Waals surface area contributed by atoms with E-state index < -0.39 is 0 Å². The molecule has 0 fully saturated rings. The van der Waals surface area contributed by atoms with Crippen molar-refractivity contribution in [3.63, 3.8) is 0 Å². The van der Waals surface area contributed by atoms with Crippen LogP contribution in [0, 0.1) is 0 Å². The predicted molar refractivity (Wildman–Crippen MR) is 93.7 cm³/mol. The Morgan fingerprint density at radius 3 is 2.88 bits per heavy atom. The summed E-state index contributed by atoms with van der Waals surface area (Å²) in [5, 5.41) is 4.43. The number of fused-ring (bicyclic) bond motifs is 2. The average molecular weight is 321 g/mol. The van der Waals surface area contributed by atoms with Crippen LogP contribution in [-0.2, 0) is 24.9 Å². The second-order valence-electron chi connectivity index (χ2n) is 7.58. The van der Waals surface area contributed by atoms with Crippen LogP contribution in [0.15, 0.2) is 36.8 Å². The lowest BCUT2D eigenvalue weighted by molar-refractivity contribution is 0.243. The van der Waals surface area contributed by atoms with Gasteiger partial charge < -0.3 is 0 Å². The van der Waals surface area contributed by atoms with Gasteiger partial charge in [-0.25, -0.2) is 14.5 Å². The highest BCUT2D eigenvalue weighted by Gasteiger charge is 2.23. The lowest BCUT2D eigenvalue weighted by Gasteiger charge is -2.28. The minimum absolute atomic E-state index is 0.00324. The van der Waals surface area contributed by atoms with Gasteiger partial charge in [0, 0.05) is 60.7 Å². The maximum Gasteiger partial charge on any atom is 0.133 e. The highest BCUT2D eigenvalue weighted by Crippen LogP contribution is 2.24. The van der Waals surface area contributed by atoms with Crippen LogP contribution in [0.3, 0.4) is 0 Å². The van der Waals surface area contributed by atoms with Gasteiger partial charge in [0.2, 0.25) is 0 Å². The highest BCUT2D eigenvalue weighted by molar-refractivity contribution is 5.53. The number of hydrogen-bond acceptors (Lipinski definition) is 4. The topological polar surface area (TPSA) is 46.3 Å². The number of pyridine rings is 1. The standard InChI is InChI=1S/C19H23N5/c1-19(2,3)18-20-10-14-12-23(9-7-16(14)22-18)13-15-11-21-24-8-5-4-6-17(15)24/h4-6,8,10-11H,7,9,12-13H2,1-3H3. The van der Waals surface area contributed by atoms with Gasteiger partial charge in [0.25, 0.3) is 0 Å². The maximum absolute atomic E-state index is 4.81. The molecule has 0 saturated carbocycles. The summed E-state index contributed by atoms with van der Waals surface area (Å²) in [5.41, 5.74) is 4.93. The molecule has 124 valence electrons. The van der Waals surface area contributed by atoms with Gasteiger partial charge in [0.05, 0.1) is 11.7 Å². The van der Waals surface area contributed by atoms with Crippen molar-refractivity contribution < 1.29 is 0 Å². The van der Waals surface area contributed by atoms with E-state index in [0.29, 0.717) is 0 Å². The Labute approximate surface area is 142 Å². The minimum Gasteiger partial charge on any atom is -0.294 e. The van der Waals surface area contributed by atoms with Crippen molar-refractivity contribution in [2.75, 3.05) is 6.54 Å². The van der Waals surface area contributed by atoms with E-state index in [9.17, 15) is 0 Å². The number of nitrogens with zero attached hydrogens (tertiary/aromatic N) is 5. The van der Waals surface area contributed by atoms with Crippen LogP contribution in [0.2, 0.25) is 0 Å². The zero-order valence-corrected chi connectivity index (χ0v) is 14.5. The fourth-order valence-corrected chi connectivity index (χ4v) is 3.22. The van der Waals surface area contributed by atoms with Gasteiger partial charge in [-0.3, -0.25) is 4.90 Å². The van der Waals surface area contributed by atoms with Crippen LogP contribution in [0.25, 0.3) is 5.52 Å². The lowest BCUT2D eigenvalue weighted by atomic mass is 9.95. The lowest BCUT2D eigenvalue weighted by Crippen LogP contribution is -2.31. The quantitative estimate of drug-likeness (QED) is 0.728. The van der Waals surface area contributed by atoms with E-state index in [1.807, 2.05) is 29.2 Å². The van der Waals surface area contributed by atoms with E-state index in [0.717, 1.165) is 31.9 Å². The molecule has 5 heteroatoms. The molecule has 0 spiro atoms. The minimum atomic E-state index is 0.00324. The maximum atomic E-state index is 4.81. The third-order valence-corrected chi connectivity index (χ3v) is 4.58. The van der Waals surface area contributed by atoms with E-state index in [1.165, 1.54) is 22.3 Å². The molecule has 0 saturated heterocycles. The molecule has 3 aromatic rings. The molecule has 3 aromatic heterocycles. The van der Waals surface area contributed by atoms with Crippen molar-refractivity contribution in [1.29, 1.82) is 0 Å². The van der Waals surface area contributed by atoms with Crippen molar-refractivity contribution in [3.05, 3.63) is 59.4 Å². The predicted octanol–water partition coefficient (Wildman–Crippen LogP) is 2.98. The van der Waals surface area contributed by atoms with Crippen LogP contribution in [0.4, 0.5) is 0 Å². The van der Waals surface area contributed by atoms with Gasteiger partial charge >= 0.3 is 0 Å². The molecule has 1 aliphatic heterocycles. The molecule has 0 atom stereocenters. The first-order valence-corrected chi connectivity index (χ1v) is 8.49. The van der Waals surface area contributed by atoms with Crippen LogP contribution < -0.4 is 0 Å². The molecule has 5 nitrogen and oxygen atoms in total. The van der Waals surface area contributed by atoms with Crippen LogP contribution in [0.5, 0.6) is 0 Å². The first-order valence-electron chi connectivity index (χ1n) is 8.49. The molecule has 24 heavy (non-hydrogen) atoms. The molecule has 4 heterocycles. The summed E-state index contributed by atoms with van der Waals surface area (Å²) in [7, 11) is 0. The summed E-state index contributed by atoms with van der Waals surface area (Å²) in [6.45, 7) is 9.33. The Bertz CT molecular complexity index is 875. The molecule has 0 N–H and O–H groups in total. The normalized spacial score (nSPS) is 15.6. The molecular weight excluding hydrogens is 298 g/mol. The van der Waals surface area contributed by atoms with Gasteiger partial charge in [-0.2, -0.15) is 5.10 Å². The van der Waals surface area contributed by atoms with E-state index in [4.69, 9.17) is 4.98 Å². The fourth-order valence-electron chi connectivity index (χ4n) is 3.22. The third kappa shape index (κ3) is 2.80. The van der Waals surface area contributed by atoms with Crippen molar-refractivity contribution in [2.45, 2.75) is 45.7 Å². The van der Waals surface area contributed by atoms with Gasteiger partial charge in [0.1, 0.15) is 5.82 Å². The summed E-state index contributed by atoms with van der Waals surface area (Å²) in [4.78, 5) is 11.9. The molecule has 1 aliphatic rings. The first-order chi connectivity index (χ1) is 11.5. The van der Waals surface area contributed by atoms with E-state index >= 15 is 0 Å². The van der Waals surface area contributed by atoms with E-state index in [-0.39, 0.29) is 5.41 Å². The zero-order chi connectivity index (χ0) is 16.7. The van der Waals surface area contributed by atoms with E-state index in [2.05, 4.69) is 47.9 Å². The molecule has 0 radical (unpaired) electrons. The molecule has 0 bridgehead atoms. The number of aromatic nitrogens is 4. The van der Waals surface area contributed by atoms with Crippen LogP contribution >= 0.6 is 0 Å². The molecule has 0 amide bonds. The van der Waals surface area contributed by atoms with Crippen molar-refractivity contribution in [2.24, 2.45) is 0 Å². The molecule has 0 unspecified atom stereocenters. The molecule has 0 aromatic carbocycles. The Kier molecular flexibility index (Phi) is 3.61. The number of rotatable bonds is 2. The van der Waals surface area contributed by atoms with Crippen LogP contribution in [-0.4, -0.2) is 31.0 Å². The monoisotopic (exact) mass is 321 g/mol. The average Bonchev–Trinajstić information content (AvgIpc) is 2.97. The third-order valence-electron chi connectivity index (χ3n) is 4.58. The van der Waals surface area contributed by atoms with Gasteiger partial charge in [-0.15, -0.1) is 0 Å². The summed E-state index contributed by atoms with van der Waals surface area (Å²) in [6.07, 6.45) is 6.97. The zero-order valence-electron chi connectivity index (χ0n) is 14.5. The Balaban J connectivity index is 1.54. The van der Waals surface area contributed by atoms with E-state index in [1.54, 1.807) is 0 Å². The first kappa shape index (κ1) is 15.3.